The second-order valence-corrected chi connectivity index (χ2v) is 5.19. The Morgan fingerprint density at radius 1 is 1.22 bits per heavy atom. The van der Waals surface area contributed by atoms with Crippen molar-refractivity contribution in [2.24, 2.45) is 7.05 Å². The lowest BCUT2D eigenvalue weighted by Gasteiger charge is -2.08. The summed E-state index contributed by atoms with van der Waals surface area (Å²) in [5.74, 6) is 0. The fourth-order valence-electron chi connectivity index (χ4n) is 1.54. The Morgan fingerprint density at radius 3 is 2.17 bits per heavy atom. The number of nitrogens with zero attached hydrogens (tertiary/aromatic N) is 1. The van der Waals surface area contributed by atoms with Crippen LogP contribution in [0.5, 0.6) is 0 Å². The van der Waals surface area contributed by atoms with Crippen LogP contribution in [0.3, 0.4) is 0 Å². The van der Waals surface area contributed by atoms with Gasteiger partial charge in [-0.15, -0.1) is 0 Å². The van der Waals surface area contributed by atoms with Crippen LogP contribution in [0, 0.1) is 0 Å². The van der Waals surface area contributed by atoms with E-state index in [0.717, 1.165) is 23.5 Å². The molecule has 2 nitrogen and oxygen atoms in total. The van der Waals surface area contributed by atoms with Crippen LogP contribution in [-0.2, 0) is 13.2 Å². The summed E-state index contributed by atoms with van der Waals surface area (Å²) in [7, 11) is 1.53. The summed E-state index contributed by atoms with van der Waals surface area (Å²) >= 11 is 6.74. The number of aromatic nitrogens is 1. The number of benzene rings is 1. The molecular weight excluding hydrogens is 287 g/mol. The van der Waals surface area contributed by atoms with Crippen LogP contribution >= 0.6 is 22.9 Å². The number of hydrogen-bond acceptors (Lipinski definition) is 2. The molecule has 18 heavy (non-hydrogen) atoms. The smallest absolute Gasteiger partial charge is 0.300 e. The molecule has 0 unspecified atom stereocenters. The molecule has 0 fully saturated rings. The lowest BCUT2D eigenvalue weighted by atomic mass is 10.1. The summed E-state index contributed by atoms with van der Waals surface area (Å²) in [6, 6.07) is 4.54. The van der Waals surface area contributed by atoms with E-state index in [4.69, 9.17) is 11.6 Å². The molecule has 0 saturated carbocycles. The number of hydrogen-bond donors (Lipinski definition) is 0. The number of alkyl halides is 3. The van der Waals surface area contributed by atoms with E-state index in [1.807, 2.05) is 0 Å². The molecule has 0 saturated heterocycles. The van der Waals surface area contributed by atoms with Gasteiger partial charge in [-0.1, -0.05) is 35.1 Å². The third kappa shape index (κ3) is 2.30. The first-order valence-electron chi connectivity index (χ1n) is 4.83. The van der Waals surface area contributed by atoms with E-state index in [9.17, 15) is 18.0 Å². The molecule has 1 heterocycles. The standard InChI is InChI=1S/C11H7ClF3NOS/c1-16-8(9(12)18-10(16)17)6-2-4-7(5-3-6)11(13,14)15/h2-5H,1H3. The van der Waals surface area contributed by atoms with Gasteiger partial charge in [0.1, 0.15) is 4.34 Å². The average molecular weight is 294 g/mol. The van der Waals surface area contributed by atoms with Gasteiger partial charge in [-0.25, -0.2) is 0 Å². The fraction of sp³-hybridized carbons (Fsp3) is 0.182. The molecule has 0 aliphatic rings. The largest absolute Gasteiger partial charge is 0.416 e. The minimum absolute atomic E-state index is 0.255. The lowest BCUT2D eigenvalue weighted by Crippen LogP contribution is -2.09. The van der Waals surface area contributed by atoms with E-state index in [1.165, 1.54) is 23.7 Å². The average Bonchev–Trinajstić information content (AvgIpc) is 2.52. The van der Waals surface area contributed by atoms with E-state index in [2.05, 4.69) is 0 Å². The Kier molecular flexibility index (Phi) is 3.25. The molecule has 7 heteroatoms. The molecule has 0 amide bonds. The third-order valence-electron chi connectivity index (χ3n) is 2.46. The quantitative estimate of drug-likeness (QED) is 0.784. The molecule has 0 bridgehead atoms. The molecule has 1 aromatic heterocycles. The Labute approximate surface area is 109 Å². The van der Waals surface area contributed by atoms with Crippen molar-refractivity contribution in [3.63, 3.8) is 0 Å². The highest BCUT2D eigenvalue weighted by atomic mass is 35.5. The van der Waals surface area contributed by atoms with Crippen LogP contribution in [0.15, 0.2) is 29.1 Å². The van der Waals surface area contributed by atoms with Gasteiger partial charge in [-0.3, -0.25) is 4.79 Å². The zero-order valence-corrected chi connectivity index (χ0v) is 10.7. The fourth-order valence-corrected chi connectivity index (χ4v) is 2.71. The first-order chi connectivity index (χ1) is 8.30. The van der Waals surface area contributed by atoms with Crippen molar-refractivity contribution < 1.29 is 13.2 Å². The minimum atomic E-state index is -4.37. The summed E-state index contributed by atoms with van der Waals surface area (Å²) < 4.78 is 38.8. The lowest BCUT2D eigenvalue weighted by molar-refractivity contribution is -0.137. The molecule has 96 valence electrons. The molecule has 0 N–H and O–H groups in total. The zero-order valence-electron chi connectivity index (χ0n) is 9.08. The molecular formula is C11H7ClF3NOS. The highest BCUT2D eigenvalue weighted by molar-refractivity contribution is 7.14. The second kappa shape index (κ2) is 4.44. The molecule has 0 aliphatic heterocycles. The monoisotopic (exact) mass is 293 g/mol. The molecule has 2 aromatic rings. The molecule has 0 spiro atoms. The van der Waals surface area contributed by atoms with Gasteiger partial charge in [0.05, 0.1) is 11.3 Å². The van der Waals surface area contributed by atoms with E-state index >= 15 is 0 Å². The van der Waals surface area contributed by atoms with Crippen molar-refractivity contribution in [1.29, 1.82) is 0 Å². The molecule has 0 atom stereocenters. The van der Waals surface area contributed by atoms with Gasteiger partial charge in [0.2, 0.25) is 0 Å². The van der Waals surface area contributed by atoms with Gasteiger partial charge >= 0.3 is 11.0 Å². The number of halogens is 4. The topological polar surface area (TPSA) is 22.0 Å². The van der Waals surface area contributed by atoms with E-state index in [0.29, 0.717) is 11.3 Å². The maximum absolute atomic E-state index is 12.4. The number of rotatable bonds is 1. The van der Waals surface area contributed by atoms with E-state index in [1.54, 1.807) is 0 Å². The molecule has 0 radical (unpaired) electrons. The minimum Gasteiger partial charge on any atom is -0.300 e. The van der Waals surface area contributed by atoms with Crippen LogP contribution in [0.25, 0.3) is 11.3 Å². The van der Waals surface area contributed by atoms with Gasteiger partial charge in [-0.05, 0) is 12.1 Å². The van der Waals surface area contributed by atoms with Crippen LogP contribution < -0.4 is 4.87 Å². The first kappa shape index (κ1) is 13.2. The molecule has 2 rings (SSSR count). The van der Waals surface area contributed by atoms with Gasteiger partial charge < -0.3 is 4.57 Å². The van der Waals surface area contributed by atoms with Crippen molar-refractivity contribution in [3.05, 3.63) is 43.8 Å². The van der Waals surface area contributed by atoms with Crippen molar-refractivity contribution in [3.8, 4) is 11.3 Å². The predicted molar refractivity (Wildman–Crippen MR) is 65.0 cm³/mol. The van der Waals surface area contributed by atoms with E-state index < -0.39 is 11.7 Å². The van der Waals surface area contributed by atoms with Gasteiger partial charge in [0.25, 0.3) is 0 Å². The van der Waals surface area contributed by atoms with Crippen molar-refractivity contribution >= 4 is 22.9 Å². The van der Waals surface area contributed by atoms with Gasteiger partial charge in [0, 0.05) is 12.6 Å². The van der Waals surface area contributed by atoms with Crippen molar-refractivity contribution in [2.75, 3.05) is 0 Å². The molecule has 0 aliphatic carbocycles. The first-order valence-corrected chi connectivity index (χ1v) is 6.03. The van der Waals surface area contributed by atoms with Gasteiger partial charge in [0.15, 0.2) is 0 Å². The SMILES string of the molecule is Cn1c(-c2ccc(C(F)(F)F)cc2)c(Cl)sc1=O. The Morgan fingerprint density at radius 2 is 1.78 bits per heavy atom. The maximum Gasteiger partial charge on any atom is 0.416 e. The summed E-state index contributed by atoms with van der Waals surface area (Å²) in [6.07, 6.45) is -4.37. The maximum atomic E-state index is 12.4. The summed E-state index contributed by atoms with van der Waals surface area (Å²) in [5.41, 5.74) is 0.178. The highest BCUT2D eigenvalue weighted by Crippen LogP contribution is 2.33. The summed E-state index contributed by atoms with van der Waals surface area (Å²) in [5, 5.41) is 0. The zero-order chi connectivity index (χ0) is 13.5. The van der Waals surface area contributed by atoms with Crippen LogP contribution in [0.2, 0.25) is 4.34 Å². The Hall–Kier alpha value is -1.27. The Bertz CT molecular complexity index is 627. The molecule has 1 aromatic carbocycles. The van der Waals surface area contributed by atoms with Gasteiger partial charge in [-0.2, -0.15) is 13.2 Å². The van der Waals surface area contributed by atoms with Crippen molar-refractivity contribution in [2.45, 2.75) is 6.18 Å². The second-order valence-electron chi connectivity index (χ2n) is 3.62. The van der Waals surface area contributed by atoms with Crippen LogP contribution in [0.4, 0.5) is 13.2 Å². The third-order valence-corrected chi connectivity index (χ3v) is 3.69. The van der Waals surface area contributed by atoms with Crippen LogP contribution in [-0.4, -0.2) is 4.57 Å². The summed E-state index contributed by atoms with van der Waals surface area (Å²) in [6.45, 7) is 0. The summed E-state index contributed by atoms with van der Waals surface area (Å²) in [4.78, 5) is 11.1. The van der Waals surface area contributed by atoms with Crippen LogP contribution in [0.1, 0.15) is 5.56 Å². The normalized spacial score (nSPS) is 11.8. The van der Waals surface area contributed by atoms with Crippen molar-refractivity contribution in [1.82, 2.24) is 4.57 Å². The predicted octanol–water partition coefficient (Wildman–Crippen LogP) is 3.79. The Balaban J connectivity index is 2.50. The number of thiazole rings is 1. The highest BCUT2D eigenvalue weighted by Gasteiger charge is 2.30. The van der Waals surface area contributed by atoms with E-state index in [-0.39, 0.29) is 9.21 Å².